The van der Waals surface area contributed by atoms with Crippen LogP contribution in [0.3, 0.4) is 0 Å². The lowest BCUT2D eigenvalue weighted by Crippen LogP contribution is -2.18. The third-order valence-corrected chi connectivity index (χ3v) is 2.55. The van der Waals surface area contributed by atoms with Crippen LogP contribution in [0.5, 0.6) is 0 Å². The van der Waals surface area contributed by atoms with Gasteiger partial charge in [-0.3, -0.25) is 0 Å². The number of halogens is 1. The molecule has 2 nitrogen and oxygen atoms in total. The molecule has 0 atom stereocenters. The van der Waals surface area contributed by atoms with E-state index < -0.39 is 0 Å². The fourth-order valence-corrected chi connectivity index (χ4v) is 1.74. The lowest BCUT2D eigenvalue weighted by atomic mass is 10.2. The van der Waals surface area contributed by atoms with Crippen LogP contribution in [0.1, 0.15) is 5.56 Å². The van der Waals surface area contributed by atoms with Crippen LogP contribution < -0.4 is 4.90 Å². The van der Waals surface area contributed by atoms with Crippen LogP contribution in [-0.2, 0) is 0 Å². The summed E-state index contributed by atoms with van der Waals surface area (Å²) in [7, 11) is 0. The Labute approximate surface area is 88.0 Å². The number of anilines is 1. The van der Waals surface area contributed by atoms with E-state index in [-0.39, 0.29) is 0 Å². The normalized spacial score (nSPS) is 14.4. The second kappa shape index (κ2) is 3.73. The molecule has 1 aromatic carbocycles. The molecule has 0 amide bonds. The Balaban J connectivity index is 2.36. The molecule has 0 saturated carbocycles. The average molecular weight is 205 g/mol. The average Bonchev–Trinajstić information content (AvgIpc) is 2.71. The molecule has 0 aliphatic carbocycles. The first kappa shape index (κ1) is 9.11. The standard InChI is InChI=1S/C11H9ClN2/c12-10-4-3-9(8-13)7-11(10)14-5-1-2-6-14/h1-4,7H,5-6H2. The minimum absolute atomic E-state index is 0.649. The minimum Gasteiger partial charge on any atom is -0.363 e. The predicted molar refractivity (Wildman–Crippen MR) is 57.5 cm³/mol. The molecule has 14 heavy (non-hydrogen) atoms. The van der Waals surface area contributed by atoms with Gasteiger partial charge in [0.1, 0.15) is 0 Å². The van der Waals surface area contributed by atoms with E-state index in [2.05, 4.69) is 23.1 Å². The Morgan fingerprint density at radius 3 is 2.64 bits per heavy atom. The zero-order chi connectivity index (χ0) is 9.97. The van der Waals surface area contributed by atoms with E-state index in [1.807, 2.05) is 6.07 Å². The van der Waals surface area contributed by atoms with Crippen molar-refractivity contribution < 1.29 is 0 Å². The van der Waals surface area contributed by atoms with Crippen LogP contribution in [0.2, 0.25) is 5.02 Å². The zero-order valence-electron chi connectivity index (χ0n) is 7.57. The highest BCUT2D eigenvalue weighted by molar-refractivity contribution is 6.33. The topological polar surface area (TPSA) is 27.0 Å². The summed E-state index contributed by atoms with van der Waals surface area (Å²) in [6.45, 7) is 1.74. The predicted octanol–water partition coefficient (Wildman–Crippen LogP) is 2.59. The second-order valence-corrected chi connectivity index (χ2v) is 3.56. The highest BCUT2D eigenvalue weighted by atomic mass is 35.5. The van der Waals surface area contributed by atoms with Crippen molar-refractivity contribution in [3.05, 3.63) is 40.9 Å². The maximum atomic E-state index is 8.77. The van der Waals surface area contributed by atoms with Crippen LogP contribution >= 0.6 is 11.6 Å². The number of hydrogen-bond acceptors (Lipinski definition) is 2. The van der Waals surface area contributed by atoms with Gasteiger partial charge in [-0.2, -0.15) is 5.26 Å². The van der Waals surface area contributed by atoms with Crippen molar-refractivity contribution in [3.8, 4) is 6.07 Å². The molecule has 3 heteroatoms. The minimum atomic E-state index is 0.649. The van der Waals surface area contributed by atoms with E-state index >= 15 is 0 Å². The fourth-order valence-electron chi connectivity index (χ4n) is 1.50. The molecule has 0 fully saturated rings. The molecule has 1 heterocycles. The van der Waals surface area contributed by atoms with E-state index in [1.165, 1.54) is 0 Å². The van der Waals surface area contributed by atoms with Gasteiger partial charge >= 0.3 is 0 Å². The Morgan fingerprint density at radius 2 is 2.00 bits per heavy atom. The number of nitriles is 1. The first-order valence-corrected chi connectivity index (χ1v) is 4.78. The number of hydrogen-bond donors (Lipinski definition) is 0. The van der Waals surface area contributed by atoms with Crippen molar-refractivity contribution in [3.63, 3.8) is 0 Å². The van der Waals surface area contributed by atoms with Crippen LogP contribution in [0.4, 0.5) is 5.69 Å². The summed E-state index contributed by atoms with van der Waals surface area (Å²) >= 11 is 6.05. The lowest BCUT2D eigenvalue weighted by molar-refractivity contribution is 1.01. The first-order chi connectivity index (χ1) is 6.81. The van der Waals surface area contributed by atoms with E-state index in [9.17, 15) is 0 Å². The Morgan fingerprint density at radius 1 is 1.29 bits per heavy atom. The SMILES string of the molecule is N#Cc1ccc(Cl)c(N2CC=CC2)c1. The molecule has 0 N–H and O–H groups in total. The van der Waals surface area contributed by atoms with Crippen molar-refractivity contribution in [1.82, 2.24) is 0 Å². The molecule has 0 saturated heterocycles. The van der Waals surface area contributed by atoms with Gasteiger partial charge < -0.3 is 4.90 Å². The Hall–Kier alpha value is -1.46. The van der Waals surface area contributed by atoms with Crippen LogP contribution in [0.15, 0.2) is 30.4 Å². The molecule has 1 aromatic rings. The van der Waals surface area contributed by atoms with Gasteiger partial charge in [0, 0.05) is 13.1 Å². The van der Waals surface area contributed by atoms with Gasteiger partial charge in [0.05, 0.1) is 22.3 Å². The largest absolute Gasteiger partial charge is 0.363 e. The molecule has 70 valence electrons. The summed E-state index contributed by atoms with van der Waals surface area (Å²) < 4.78 is 0. The molecule has 0 bridgehead atoms. The van der Waals surface area contributed by atoms with E-state index in [1.54, 1.807) is 12.1 Å². The van der Waals surface area contributed by atoms with Crippen LogP contribution in [0.25, 0.3) is 0 Å². The molecule has 2 rings (SSSR count). The lowest BCUT2D eigenvalue weighted by Gasteiger charge is -2.19. The van der Waals surface area contributed by atoms with Gasteiger partial charge in [0.25, 0.3) is 0 Å². The fraction of sp³-hybridized carbons (Fsp3) is 0.182. The molecule has 1 aliphatic rings. The molecule has 0 unspecified atom stereocenters. The second-order valence-electron chi connectivity index (χ2n) is 3.15. The quantitative estimate of drug-likeness (QED) is 0.658. The maximum absolute atomic E-state index is 8.77. The molecule has 0 spiro atoms. The summed E-state index contributed by atoms with van der Waals surface area (Å²) in [5.41, 5.74) is 1.59. The van der Waals surface area contributed by atoms with Gasteiger partial charge in [-0.15, -0.1) is 0 Å². The van der Waals surface area contributed by atoms with E-state index in [4.69, 9.17) is 16.9 Å². The summed E-state index contributed by atoms with van der Waals surface area (Å²) in [4.78, 5) is 2.13. The van der Waals surface area contributed by atoms with Crippen molar-refractivity contribution >= 4 is 17.3 Å². The molecule has 0 aromatic heterocycles. The summed E-state index contributed by atoms with van der Waals surface area (Å²) in [5, 5.41) is 9.47. The van der Waals surface area contributed by atoms with Crippen molar-refractivity contribution in [2.75, 3.05) is 18.0 Å². The van der Waals surface area contributed by atoms with E-state index in [0.29, 0.717) is 10.6 Å². The third kappa shape index (κ3) is 1.59. The van der Waals surface area contributed by atoms with Gasteiger partial charge in [-0.1, -0.05) is 23.8 Å². The van der Waals surface area contributed by atoms with Gasteiger partial charge in [-0.25, -0.2) is 0 Å². The third-order valence-electron chi connectivity index (χ3n) is 2.23. The summed E-state index contributed by atoms with van der Waals surface area (Å²) in [5.74, 6) is 0. The number of rotatable bonds is 1. The summed E-state index contributed by atoms with van der Waals surface area (Å²) in [6.07, 6.45) is 4.19. The Kier molecular flexibility index (Phi) is 2.43. The number of nitrogens with zero attached hydrogens (tertiary/aromatic N) is 2. The molecular formula is C11H9ClN2. The van der Waals surface area contributed by atoms with Crippen molar-refractivity contribution in [2.45, 2.75) is 0 Å². The van der Waals surface area contributed by atoms with Crippen molar-refractivity contribution in [2.24, 2.45) is 0 Å². The summed E-state index contributed by atoms with van der Waals surface area (Å²) in [6, 6.07) is 7.44. The monoisotopic (exact) mass is 204 g/mol. The van der Waals surface area contributed by atoms with Gasteiger partial charge in [0.15, 0.2) is 0 Å². The smallest absolute Gasteiger partial charge is 0.0992 e. The van der Waals surface area contributed by atoms with Crippen molar-refractivity contribution in [1.29, 1.82) is 5.26 Å². The van der Waals surface area contributed by atoms with Gasteiger partial charge in [-0.05, 0) is 18.2 Å². The molecule has 0 radical (unpaired) electrons. The van der Waals surface area contributed by atoms with Crippen LogP contribution in [-0.4, -0.2) is 13.1 Å². The van der Waals surface area contributed by atoms with Crippen LogP contribution in [0, 0.1) is 11.3 Å². The highest BCUT2D eigenvalue weighted by Crippen LogP contribution is 2.27. The Bertz CT molecular complexity index is 410. The van der Waals surface area contributed by atoms with Gasteiger partial charge in [0.2, 0.25) is 0 Å². The maximum Gasteiger partial charge on any atom is 0.0992 e. The molecule has 1 aliphatic heterocycles. The number of benzene rings is 1. The highest BCUT2D eigenvalue weighted by Gasteiger charge is 2.11. The van der Waals surface area contributed by atoms with E-state index in [0.717, 1.165) is 18.8 Å². The zero-order valence-corrected chi connectivity index (χ0v) is 8.33. The first-order valence-electron chi connectivity index (χ1n) is 4.41. The molecular weight excluding hydrogens is 196 g/mol.